The maximum absolute atomic E-state index is 12.8. The van der Waals surface area contributed by atoms with Crippen molar-refractivity contribution in [2.75, 3.05) is 25.4 Å². The standard InChI is InChI=1S/C19H32N2O5S2/c1-18(2)15-5-8-19(18,17(22)11-15)13-27(23,24)20-12-14-6-9-21(10-7-14)28(25,26)16-3-4-16/h14-16,20H,3-13H2,1-2H3/t15-,19+/m0/s1. The number of piperidine rings is 1. The Kier molecular flexibility index (Phi) is 5.00. The minimum Gasteiger partial charge on any atom is -0.299 e. The molecule has 9 heteroatoms. The second-order valence-corrected chi connectivity index (χ2v) is 13.9. The van der Waals surface area contributed by atoms with Crippen molar-refractivity contribution in [2.45, 2.75) is 64.0 Å². The molecule has 4 aliphatic rings. The molecule has 0 aromatic heterocycles. The van der Waals surface area contributed by atoms with E-state index < -0.39 is 25.5 Å². The van der Waals surface area contributed by atoms with E-state index in [-0.39, 0.29) is 28.1 Å². The first-order chi connectivity index (χ1) is 13.0. The topological polar surface area (TPSA) is 101 Å². The van der Waals surface area contributed by atoms with Gasteiger partial charge in [-0.3, -0.25) is 4.79 Å². The molecule has 4 fully saturated rings. The molecule has 7 nitrogen and oxygen atoms in total. The van der Waals surface area contributed by atoms with Gasteiger partial charge in [0, 0.05) is 31.5 Å². The van der Waals surface area contributed by atoms with Gasteiger partial charge in [0.05, 0.1) is 11.0 Å². The average molecular weight is 433 g/mol. The summed E-state index contributed by atoms with van der Waals surface area (Å²) in [6.07, 6.45) is 4.98. The van der Waals surface area contributed by atoms with Crippen LogP contribution in [0.4, 0.5) is 0 Å². The number of carbonyl (C=O) groups is 1. The molecule has 0 aromatic carbocycles. The summed E-state index contributed by atoms with van der Waals surface area (Å²) in [5.74, 6) is 0.434. The molecule has 1 saturated heterocycles. The molecule has 0 radical (unpaired) electrons. The molecule has 1 aliphatic heterocycles. The van der Waals surface area contributed by atoms with Gasteiger partial charge in [0.15, 0.2) is 0 Å². The first kappa shape index (κ1) is 20.8. The molecule has 3 aliphatic carbocycles. The fraction of sp³-hybridized carbons (Fsp3) is 0.947. The van der Waals surface area contributed by atoms with Crippen LogP contribution in [0.25, 0.3) is 0 Å². The number of ketones is 1. The Morgan fingerprint density at radius 1 is 1.04 bits per heavy atom. The third-order valence-electron chi connectivity index (χ3n) is 8.05. The van der Waals surface area contributed by atoms with E-state index in [0.717, 1.165) is 19.3 Å². The molecule has 0 aromatic rings. The molecule has 2 bridgehead atoms. The lowest BCUT2D eigenvalue weighted by Crippen LogP contribution is -2.47. The minimum atomic E-state index is -3.56. The normalized spacial score (nSPS) is 34.2. The summed E-state index contributed by atoms with van der Waals surface area (Å²) < 4.78 is 54.5. The van der Waals surface area contributed by atoms with Gasteiger partial charge in [0.2, 0.25) is 20.0 Å². The van der Waals surface area contributed by atoms with Gasteiger partial charge in [-0.15, -0.1) is 0 Å². The first-order valence-electron chi connectivity index (χ1n) is 10.5. The molecule has 28 heavy (non-hydrogen) atoms. The lowest BCUT2D eigenvalue weighted by atomic mass is 9.70. The van der Waals surface area contributed by atoms with Crippen LogP contribution in [0.5, 0.6) is 0 Å². The summed E-state index contributed by atoms with van der Waals surface area (Å²) in [6, 6.07) is 0. The highest BCUT2D eigenvalue weighted by molar-refractivity contribution is 7.90. The Balaban J connectivity index is 1.32. The van der Waals surface area contributed by atoms with Crippen molar-refractivity contribution in [1.82, 2.24) is 9.03 Å². The molecule has 3 saturated carbocycles. The van der Waals surface area contributed by atoms with E-state index in [0.29, 0.717) is 51.2 Å². The van der Waals surface area contributed by atoms with Crippen LogP contribution in [0.2, 0.25) is 0 Å². The van der Waals surface area contributed by atoms with E-state index in [1.54, 1.807) is 4.31 Å². The predicted octanol–water partition coefficient (Wildman–Crippen LogP) is 1.51. The van der Waals surface area contributed by atoms with Gasteiger partial charge in [-0.05, 0) is 55.8 Å². The highest BCUT2D eigenvalue weighted by Crippen LogP contribution is 2.64. The van der Waals surface area contributed by atoms with Crippen molar-refractivity contribution in [3.8, 4) is 0 Å². The Bertz CT molecular complexity index is 855. The van der Waals surface area contributed by atoms with Crippen molar-refractivity contribution >= 4 is 25.8 Å². The third kappa shape index (κ3) is 3.36. The van der Waals surface area contributed by atoms with Crippen LogP contribution in [-0.4, -0.2) is 57.6 Å². The molecule has 1 N–H and O–H groups in total. The van der Waals surface area contributed by atoms with E-state index in [1.165, 1.54) is 0 Å². The third-order valence-corrected chi connectivity index (χ3v) is 11.9. The Hall–Kier alpha value is -0.510. The van der Waals surface area contributed by atoms with Crippen molar-refractivity contribution in [3.63, 3.8) is 0 Å². The smallest absolute Gasteiger partial charge is 0.216 e. The number of sulfonamides is 2. The van der Waals surface area contributed by atoms with Crippen molar-refractivity contribution in [3.05, 3.63) is 0 Å². The molecule has 1 heterocycles. The van der Waals surface area contributed by atoms with Crippen LogP contribution in [0.3, 0.4) is 0 Å². The lowest BCUT2D eigenvalue weighted by molar-refractivity contribution is -0.128. The van der Waals surface area contributed by atoms with E-state index in [4.69, 9.17) is 0 Å². The monoisotopic (exact) mass is 432 g/mol. The fourth-order valence-electron chi connectivity index (χ4n) is 5.67. The number of rotatable bonds is 7. The van der Waals surface area contributed by atoms with E-state index in [1.807, 2.05) is 13.8 Å². The average Bonchev–Trinajstić information content (AvgIpc) is 3.42. The van der Waals surface area contributed by atoms with Crippen molar-refractivity contribution < 1.29 is 21.6 Å². The molecule has 160 valence electrons. The zero-order chi connectivity index (χ0) is 20.4. The first-order valence-corrected chi connectivity index (χ1v) is 13.6. The van der Waals surface area contributed by atoms with Gasteiger partial charge < -0.3 is 0 Å². The predicted molar refractivity (Wildman–Crippen MR) is 107 cm³/mol. The summed E-state index contributed by atoms with van der Waals surface area (Å²) in [5, 5.41) is -0.190. The minimum absolute atomic E-state index is 0.109. The number of nitrogens with zero attached hydrogens (tertiary/aromatic N) is 1. The number of Topliss-reactive ketones (excluding diaryl/α,β-unsaturated/α-hetero) is 1. The zero-order valence-electron chi connectivity index (χ0n) is 16.8. The van der Waals surface area contributed by atoms with E-state index >= 15 is 0 Å². The summed E-state index contributed by atoms with van der Waals surface area (Å²) in [5.41, 5.74) is -1.01. The van der Waals surface area contributed by atoms with Gasteiger partial charge >= 0.3 is 0 Å². The molecular weight excluding hydrogens is 400 g/mol. The quantitative estimate of drug-likeness (QED) is 0.657. The van der Waals surface area contributed by atoms with Gasteiger partial charge in [-0.2, -0.15) is 0 Å². The molecule has 0 amide bonds. The summed E-state index contributed by atoms with van der Waals surface area (Å²) in [6.45, 7) is 5.36. The maximum atomic E-state index is 12.8. The number of hydrogen-bond donors (Lipinski definition) is 1. The maximum Gasteiger partial charge on any atom is 0.216 e. The Labute approximate surface area is 168 Å². The second kappa shape index (κ2) is 6.75. The van der Waals surface area contributed by atoms with E-state index in [2.05, 4.69) is 4.72 Å². The zero-order valence-corrected chi connectivity index (χ0v) is 18.4. The second-order valence-electron chi connectivity index (χ2n) is 9.86. The van der Waals surface area contributed by atoms with Crippen LogP contribution in [0.15, 0.2) is 0 Å². The number of fused-ring (bicyclic) bond motifs is 2. The van der Waals surface area contributed by atoms with Gasteiger partial charge in [0.1, 0.15) is 5.78 Å². The molecule has 0 spiro atoms. The SMILES string of the molecule is CC1(C)[C@H]2CC[C@@]1(CS(=O)(=O)NCC1CCN(S(=O)(=O)C3CC3)CC1)C(=O)C2. The molecule has 2 atom stereocenters. The highest BCUT2D eigenvalue weighted by atomic mass is 32.2. The molecule has 0 unspecified atom stereocenters. The van der Waals surface area contributed by atoms with Crippen LogP contribution in [0.1, 0.15) is 58.8 Å². The lowest BCUT2D eigenvalue weighted by Gasteiger charge is -2.36. The summed E-state index contributed by atoms with van der Waals surface area (Å²) in [4.78, 5) is 12.6. The fourth-order valence-corrected chi connectivity index (χ4v) is 9.46. The Morgan fingerprint density at radius 2 is 1.68 bits per heavy atom. The van der Waals surface area contributed by atoms with Crippen molar-refractivity contribution in [2.24, 2.45) is 22.7 Å². The Morgan fingerprint density at radius 3 is 2.18 bits per heavy atom. The molecule has 4 rings (SSSR count). The number of nitrogens with one attached hydrogen (secondary N) is 1. The van der Waals surface area contributed by atoms with Gasteiger partial charge in [-0.1, -0.05) is 13.8 Å². The van der Waals surface area contributed by atoms with E-state index in [9.17, 15) is 21.6 Å². The number of hydrogen-bond acceptors (Lipinski definition) is 5. The van der Waals surface area contributed by atoms with Crippen LogP contribution in [-0.2, 0) is 24.8 Å². The summed E-state index contributed by atoms with van der Waals surface area (Å²) in [7, 11) is -6.70. The van der Waals surface area contributed by atoms with Crippen LogP contribution >= 0.6 is 0 Å². The summed E-state index contributed by atoms with van der Waals surface area (Å²) >= 11 is 0. The number of carbonyl (C=O) groups excluding carboxylic acids is 1. The van der Waals surface area contributed by atoms with Gasteiger partial charge in [0.25, 0.3) is 0 Å². The van der Waals surface area contributed by atoms with Crippen LogP contribution in [0, 0.1) is 22.7 Å². The van der Waals surface area contributed by atoms with Gasteiger partial charge in [-0.25, -0.2) is 25.9 Å². The highest BCUT2D eigenvalue weighted by Gasteiger charge is 2.65. The van der Waals surface area contributed by atoms with Crippen LogP contribution < -0.4 is 4.72 Å². The largest absolute Gasteiger partial charge is 0.299 e. The molecular formula is C19H32N2O5S2. The van der Waals surface area contributed by atoms with Crippen molar-refractivity contribution in [1.29, 1.82) is 0 Å².